The fourth-order valence-electron chi connectivity index (χ4n) is 2.19. The van der Waals surface area contributed by atoms with Gasteiger partial charge >= 0.3 is 6.16 Å². The molecule has 8 heteroatoms. The summed E-state index contributed by atoms with van der Waals surface area (Å²) in [4.78, 5) is 27.9. The van der Waals surface area contributed by atoms with Crippen LogP contribution < -0.4 is 10.1 Å². The zero-order valence-corrected chi connectivity index (χ0v) is 13.7. The van der Waals surface area contributed by atoms with Crippen molar-refractivity contribution in [3.63, 3.8) is 0 Å². The molecule has 0 aliphatic rings. The van der Waals surface area contributed by atoms with Gasteiger partial charge < -0.3 is 14.8 Å². The molecule has 2 aromatic heterocycles. The van der Waals surface area contributed by atoms with Gasteiger partial charge in [-0.2, -0.15) is 5.10 Å². The molecule has 0 saturated carbocycles. The largest absolute Gasteiger partial charge is 0.513 e. The molecule has 3 rings (SSSR count). The van der Waals surface area contributed by atoms with E-state index in [1.165, 1.54) is 12.1 Å². The molecule has 2 N–H and O–H groups in total. The number of carbonyl (C=O) groups is 2. The second-order valence-electron chi connectivity index (χ2n) is 5.18. The number of carbonyl (C=O) groups excluding carboxylic acids is 2. The van der Waals surface area contributed by atoms with Crippen LogP contribution in [0.5, 0.6) is 5.75 Å². The predicted octanol–water partition coefficient (Wildman–Crippen LogP) is 3.05. The fraction of sp³-hybridized carbons (Fsp3) is 0.176. The molecule has 8 nitrogen and oxygen atoms in total. The van der Waals surface area contributed by atoms with Crippen molar-refractivity contribution in [1.29, 1.82) is 0 Å². The molecule has 128 valence electrons. The fourth-order valence-corrected chi connectivity index (χ4v) is 2.19. The third-order valence-electron chi connectivity index (χ3n) is 3.38. The highest BCUT2D eigenvalue weighted by atomic mass is 16.7. The van der Waals surface area contributed by atoms with Gasteiger partial charge in [0.15, 0.2) is 11.5 Å². The van der Waals surface area contributed by atoms with E-state index in [0.717, 1.165) is 11.1 Å². The molecule has 0 spiro atoms. The SMILES string of the molecule is CCOC(=O)Oc1ccc(C(=O)Nc2n[nH]c3nc(C)ccc23)cc1. The Morgan fingerprint density at radius 3 is 2.64 bits per heavy atom. The van der Waals surface area contributed by atoms with E-state index in [-0.39, 0.29) is 12.5 Å². The number of aromatic amines is 1. The topological polar surface area (TPSA) is 106 Å². The number of H-pyrrole nitrogens is 1. The molecular formula is C17H16N4O4. The number of ether oxygens (including phenoxy) is 2. The smallest absolute Gasteiger partial charge is 0.434 e. The number of nitrogens with one attached hydrogen (secondary N) is 2. The Kier molecular flexibility index (Phi) is 4.60. The summed E-state index contributed by atoms with van der Waals surface area (Å²) in [6, 6.07) is 9.79. The second-order valence-corrected chi connectivity index (χ2v) is 5.18. The molecular weight excluding hydrogens is 324 g/mol. The number of aromatic nitrogens is 3. The molecule has 1 aromatic carbocycles. The zero-order valence-electron chi connectivity index (χ0n) is 13.7. The van der Waals surface area contributed by atoms with Crippen molar-refractivity contribution in [3.8, 4) is 5.75 Å². The van der Waals surface area contributed by atoms with Crippen molar-refractivity contribution in [2.24, 2.45) is 0 Å². The summed E-state index contributed by atoms with van der Waals surface area (Å²) in [5.74, 6) is 0.357. The molecule has 0 aliphatic carbocycles. The second kappa shape index (κ2) is 7.00. The summed E-state index contributed by atoms with van der Waals surface area (Å²) in [6.45, 7) is 3.79. The van der Waals surface area contributed by atoms with E-state index in [1.54, 1.807) is 19.1 Å². The van der Waals surface area contributed by atoms with E-state index < -0.39 is 6.16 Å². The molecule has 0 atom stereocenters. The summed E-state index contributed by atoms with van der Waals surface area (Å²) in [7, 11) is 0. The number of rotatable bonds is 4. The first kappa shape index (κ1) is 16.4. The average Bonchev–Trinajstić information content (AvgIpc) is 2.97. The van der Waals surface area contributed by atoms with Crippen LogP contribution in [0.25, 0.3) is 11.0 Å². The molecule has 0 unspecified atom stereocenters. The zero-order chi connectivity index (χ0) is 17.8. The van der Waals surface area contributed by atoms with Crippen LogP contribution in [0.2, 0.25) is 0 Å². The van der Waals surface area contributed by atoms with Crippen LogP contribution in [0.4, 0.5) is 10.6 Å². The number of anilines is 1. The summed E-state index contributed by atoms with van der Waals surface area (Å²) in [6.07, 6.45) is -0.787. The first-order chi connectivity index (χ1) is 12.1. The molecule has 0 radical (unpaired) electrons. The van der Waals surface area contributed by atoms with E-state index in [0.29, 0.717) is 22.8 Å². The lowest BCUT2D eigenvalue weighted by Crippen LogP contribution is -2.13. The summed E-state index contributed by atoms with van der Waals surface area (Å²) in [5, 5.41) is 10.3. The molecule has 25 heavy (non-hydrogen) atoms. The standard InChI is InChI=1S/C17H16N4O4/c1-3-24-17(23)25-12-7-5-11(6-8-12)16(22)19-15-13-9-4-10(2)18-14(13)20-21-15/h4-9H,3H2,1-2H3,(H2,18,19,20,21,22). The van der Waals surface area contributed by atoms with Crippen LogP contribution in [-0.4, -0.2) is 33.9 Å². The highest BCUT2D eigenvalue weighted by molar-refractivity contribution is 6.07. The Labute approximate surface area is 143 Å². The number of amides is 1. The van der Waals surface area contributed by atoms with Crippen LogP contribution in [0, 0.1) is 6.92 Å². The minimum Gasteiger partial charge on any atom is -0.434 e. The van der Waals surface area contributed by atoms with Gasteiger partial charge in [-0.25, -0.2) is 9.78 Å². The predicted molar refractivity (Wildman–Crippen MR) is 90.7 cm³/mol. The van der Waals surface area contributed by atoms with Crippen LogP contribution in [0.3, 0.4) is 0 Å². The number of pyridine rings is 1. The minimum atomic E-state index is -0.787. The number of hydrogen-bond donors (Lipinski definition) is 2. The Morgan fingerprint density at radius 1 is 1.16 bits per heavy atom. The first-order valence-corrected chi connectivity index (χ1v) is 7.64. The van der Waals surface area contributed by atoms with Gasteiger partial charge in [0.05, 0.1) is 12.0 Å². The van der Waals surface area contributed by atoms with Crippen molar-refractivity contribution in [2.45, 2.75) is 13.8 Å². The quantitative estimate of drug-likeness (QED) is 0.558. The highest BCUT2D eigenvalue weighted by Crippen LogP contribution is 2.20. The van der Waals surface area contributed by atoms with Crippen molar-refractivity contribution < 1.29 is 19.1 Å². The van der Waals surface area contributed by atoms with Gasteiger partial charge in [-0.1, -0.05) is 0 Å². The molecule has 0 fully saturated rings. The number of hydrogen-bond acceptors (Lipinski definition) is 6. The van der Waals surface area contributed by atoms with E-state index >= 15 is 0 Å². The van der Waals surface area contributed by atoms with Gasteiger partial charge in [0, 0.05) is 11.3 Å². The summed E-state index contributed by atoms with van der Waals surface area (Å²) >= 11 is 0. The first-order valence-electron chi connectivity index (χ1n) is 7.64. The third-order valence-corrected chi connectivity index (χ3v) is 3.38. The highest BCUT2D eigenvalue weighted by Gasteiger charge is 2.13. The average molecular weight is 340 g/mol. The van der Waals surface area contributed by atoms with Gasteiger partial charge in [0.2, 0.25) is 0 Å². The van der Waals surface area contributed by atoms with Crippen molar-refractivity contribution in [3.05, 3.63) is 47.7 Å². The number of fused-ring (bicyclic) bond motifs is 1. The van der Waals surface area contributed by atoms with Crippen molar-refractivity contribution in [1.82, 2.24) is 15.2 Å². The summed E-state index contributed by atoms with van der Waals surface area (Å²) in [5.41, 5.74) is 1.85. The Hall–Kier alpha value is -3.42. The van der Waals surface area contributed by atoms with E-state index in [9.17, 15) is 9.59 Å². The van der Waals surface area contributed by atoms with Gasteiger partial charge in [0.1, 0.15) is 5.75 Å². The van der Waals surface area contributed by atoms with E-state index in [2.05, 4.69) is 25.2 Å². The third kappa shape index (κ3) is 3.74. The monoisotopic (exact) mass is 340 g/mol. The Bertz CT molecular complexity index is 918. The number of nitrogens with zero attached hydrogens (tertiary/aromatic N) is 2. The molecule has 0 saturated heterocycles. The number of benzene rings is 1. The van der Waals surface area contributed by atoms with Gasteiger partial charge in [-0.15, -0.1) is 0 Å². The van der Waals surface area contributed by atoms with E-state index in [1.807, 2.05) is 19.1 Å². The minimum absolute atomic E-state index is 0.228. The molecule has 2 heterocycles. The molecule has 1 amide bonds. The van der Waals surface area contributed by atoms with Crippen molar-refractivity contribution >= 4 is 28.9 Å². The van der Waals surface area contributed by atoms with Gasteiger partial charge in [-0.05, 0) is 50.2 Å². The lowest BCUT2D eigenvalue weighted by molar-refractivity contribution is 0.102. The molecule has 0 aliphatic heterocycles. The normalized spacial score (nSPS) is 10.5. The Morgan fingerprint density at radius 2 is 1.92 bits per heavy atom. The van der Waals surface area contributed by atoms with Crippen molar-refractivity contribution in [2.75, 3.05) is 11.9 Å². The van der Waals surface area contributed by atoms with Crippen LogP contribution in [-0.2, 0) is 4.74 Å². The Balaban J connectivity index is 1.71. The van der Waals surface area contributed by atoms with Gasteiger partial charge in [-0.3, -0.25) is 9.89 Å². The number of aryl methyl sites for hydroxylation is 1. The lowest BCUT2D eigenvalue weighted by Gasteiger charge is -2.06. The van der Waals surface area contributed by atoms with E-state index in [4.69, 9.17) is 4.74 Å². The maximum Gasteiger partial charge on any atom is 0.513 e. The van der Waals surface area contributed by atoms with Crippen LogP contribution in [0.15, 0.2) is 36.4 Å². The van der Waals surface area contributed by atoms with Crippen LogP contribution in [0.1, 0.15) is 23.0 Å². The summed E-state index contributed by atoms with van der Waals surface area (Å²) < 4.78 is 9.63. The maximum atomic E-state index is 12.3. The molecule has 0 bridgehead atoms. The molecule has 3 aromatic rings. The van der Waals surface area contributed by atoms with Crippen LogP contribution >= 0.6 is 0 Å². The lowest BCUT2D eigenvalue weighted by atomic mass is 10.2. The maximum absolute atomic E-state index is 12.3. The van der Waals surface area contributed by atoms with Gasteiger partial charge in [0.25, 0.3) is 5.91 Å².